The molecule has 20 heavy (non-hydrogen) atoms. The molecule has 0 unspecified atom stereocenters. The van der Waals surface area contributed by atoms with E-state index in [2.05, 4.69) is 30.3 Å². The highest BCUT2D eigenvalue weighted by molar-refractivity contribution is 5.53. The smallest absolute Gasteiger partial charge is 0.233 e. The highest BCUT2D eigenvalue weighted by atomic mass is 15.3. The van der Waals surface area contributed by atoms with Gasteiger partial charge in [-0.25, -0.2) is 0 Å². The monoisotopic (exact) mass is 274 g/mol. The second-order valence-electron chi connectivity index (χ2n) is 4.89. The standard InChI is InChI=1S/C12H18N8/c1-19-8-9(7-14-19)15-11-16-10(13)17-12(18-11)20-5-3-2-4-6-20/h7-8H,2-6H2,1H3,(H3,13,15,16,17,18). The zero-order valence-corrected chi connectivity index (χ0v) is 11.5. The van der Waals surface area contributed by atoms with E-state index in [1.165, 1.54) is 6.42 Å². The van der Waals surface area contributed by atoms with Crippen molar-refractivity contribution in [2.45, 2.75) is 19.3 Å². The highest BCUT2D eigenvalue weighted by Crippen LogP contribution is 2.19. The maximum atomic E-state index is 5.78. The predicted molar refractivity (Wildman–Crippen MR) is 76.8 cm³/mol. The van der Waals surface area contributed by atoms with Crippen LogP contribution in [0.25, 0.3) is 0 Å². The van der Waals surface area contributed by atoms with Gasteiger partial charge < -0.3 is 16.0 Å². The molecule has 3 rings (SSSR count). The minimum absolute atomic E-state index is 0.229. The summed E-state index contributed by atoms with van der Waals surface area (Å²) in [5, 5.41) is 7.18. The van der Waals surface area contributed by atoms with Crippen molar-refractivity contribution in [3.63, 3.8) is 0 Å². The van der Waals surface area contributed by atoms with Gasteiger partial charge in [-0.05, 0) is 19.3 Å². The van der Waals surface area contributed by atoms with Crippen LogP contribution in [0.3, 0.4) is 0 Å². The van der Waals surface area contributed by atoms with E-state index < -0.39 is 0 Å². The quantitative estimate of drug-likeness (QED) is 0.858. The summed E-state index contributed by atoms with van der Waals surface area (Å²) < 4.78 is 1.71. The van der Waals surface area contributed by atoms with Gasteiger partial charge in [-0.3, -0.25) is 4.68 Å². The Bertz CT molecular complexity index is 587. The van der Waals surface area contributed by atoms with Crippen LogP contribution in [0.5, 0.6) is 0 Å². The van der Waals surface area contributed by atoms with Gasteiger partial charge in [-0.2, -0.15) is 20.1 Å². The van der Waals surface area contributed by atoms with Crippen LogP contribution in [0.15, 0.2) is 12.4 Å². The van der Waals surface area contributed by atoms with Crippen molar-refractivity contribution in [1.82, 2.24) is 24.7 Å². The van der Waals surface area contributed by atoms with Crippen LogP contribution in [-0.4, -0.2) is 37.8 Å². The molecule has 1 aliphatic heterocycles. The SMILES string of the molecule is Cn1cc(Nc2nc(N)nc(N3CCCCC3)n2)cn1. The summed E-state index contributed by atoms with van der Waals surface area (Å²) in [5.41, 5.74) is 6.60. The molecule has 2 aromatic heterocycles. The van der Waals surface area contributed by atoms with Gasteiger partial charge in [-0.15, -0.1) is 0 Å². The Labute approximate surface area is 117 Å². The summed E-state index contributed by atoms with van der Waals surface area (Å²) >= 11 is 0. The van der Waals surface area contributed by atoms with E-state index in [-0.39, 0.29) is 5.95 Å². The molecule has 0 radical (unpaired) electrons. The van der Waals surface area contributed by atoms with E-state index in [0.29, 0.717) is 11.9 Å². The number of rotatable bonds is 3. The molecule has 0 spiro atoms. The molecule has 1 aliphatic rings. The number of nitrogens with two attached hydrogens (primary N) is 1. The third-order valence-electron chi connectivity index (χ3n) is 3.24. The van der Waals surface area contributed by atoms with Gasteiger partial charge in [0.2, 0.25) is 17.8 Å². The molecule has 0 atom stereocenters. The van der Waals surface area contributed by atoms with Crippen molar-refractivity contribution in [1.29, 1.82) is 0 Å². The summed E-state index contributed by atoms with van der Waals surface area (Å²) in [6, 6.07) is 0. The fraction of sp³-hybridized carbons (Fsp3) is 0.500. The normalized spacial score (nSPS) is 15.3. The lowest BCUT2D eigenvalue weighted by Crippen LogP contribution is -2.31. The molecule has 106 valence electrons. The number of anilines is 4. The third-order valence-corrected chi connectivity index (χ3v) is 3.24. The molecule has 3 N–H and O–H groups in total. The molecular weight excluding hydrogens is 256 g/mol. The Morgan fingerprint density at radius 1 is 1.15 bits per heavy atom. The molecule has 0 bridgehead atoms. The second kappa shape index (κ2) is 5.32. The molecule has 1 fully saturated rings. The first kappa shape index (κ1) is 12.6. The Morgan fingerprint density at radius 2 is 1.95 bits per heavy atom. The molecule has 0 amide bonds. The van der Waals surface area contributed by atoms with Crippen molar-refractivity contribution in [2.24, 2.45) is 7.05 Å². The first-order chi connectivity index (χ1) is 9.70. The third kappa shape index (κ3) is 2.79. The summed E-state index contributed by atoms with van der Waals surface area (Å²) in [6.45, 7) is 1.94. The average molecular weight is 274 g/mol. The minimum Gasteiger partial charge on any atom is -0.368 e. The highest BCUT2D eigenvalue weighted by Gasteiger charge is 2.15. The lowest BCUT2D eigenvalue weighted by Gasteiger charge is -2.26. The van der Waals surface area contributed by atoms with E-state index in [1.807, 2.05) is 13.2 Å². The number of aryl methyl sites for hydroxylation is 1. The average Bonchev–Trinajstić information content (AvgIpc) is 2.84. The summed E-state index contributed by atoms with van der Waals surface area (Å²) in [5.74, 6) is 1.32. The van der Waals surface area contributed by atoms with E-state index >= 15 is 0 Å². The fourth-order valence-electron chi connectivity index (χ4n) is 2.29. The number of hydrogen-bond acceptors (Lipinski definition) is 7. The fourth-order valence-corrected chi connectivity index (χ4v) is 2.29. The van der Waals surface area contributed by atoms with Gasteiger partial charge in [0.25, 0.3) is 0 Å². The molecule has 8 heteroatoms. The van der Waals surface area contributed by atoms with Gasteiger partial charge in [0.1, 0.15) is 0 Å². The van der Waals surface area contributed by atoms with Crippen molar-refractivity contribution in [3.8, 4) is 0 Å². The number of nitrogen functional groups attached to an aromatic ring is 1. The zero-order chi connectivity index (χ0) is 13.9. The summed E-state index contributed by atoms with van der Waals surface area (Å²) in [6.07, 6.45) is 7.15. The van der Waals surface area contributed by atoms with Gasteiger partial charge in [0.05, 0.1) is 11.9 Å². The Morgan fingerprint density at radius 3 is 2.65 bits per heavy atom. The number of nitrogens with one attached hydrogen (secondary N) is 1. The first-order valence-electron chi connectivity index (χ1n) is 6.73. The lowest BCUT2D eigenvalue weighted by molar-refractivity contribution is 0.568. The molecule has 3 heterocycles. The van der Waals surface area contributed by atoms with Gasteiger partial charge in [0, 0.05) is 26.3 Å². The Kier molecular flexibility index (Phi) is 3.36. The molecule has 8 nitrogen and oxygen atoms in total. The number of nitrogens with zero attached hydrogens (tertiary/aromatic N) is 6. The van der Waals surface area contributed by atoms with Crippen molar-refractivity contribution in [2.75, 3.05) is 29.0 Å². The van der Waals surface area contributed by atoms with Crippen molar-refractivity contribution in [3.05, 3.63) is 12.4 Å². The van der Waals surface area contributed by atoms with Crippen LogP contribution < -0.4 is 16.0 Å². The minimum atomic E-state index is 0.229. The molecule has 0 aromatic carbocycles. The van der Waals surface area contributed by atoms with Crippen LogP contribution in [0.1, 0.15) is 19.3 Å². The first-order valence-corrected chi connectivity index (χ1v) is 6.73. The van der Waals surface area contributed by atoms with Gasteiger partial charge in [-0.1, -0.05) is 0 Å². The molecular formula is C12H18N8. The van der Waals surface area contributed by atoms with E-state index in [9.17, 15) is 0 Å². The molecule has 1 saturated heterocycles. The Hall–Kier alpha value is -2.38. The largest absolute Gasteiger partial charge is 0.368 e. The molecule has 0 aliphatic carbocycles. The molecule has 2 aromatic rings. The zero-order valence-electron chi connectivity index (χ0n) is 11.5. The summed E-state index contributed by atoms with van der Waals surface area (Å²) in [4.78, 5) is 14.9. The number of aromatic nitrogens is 5. The lowest BCUT2D eigenvalue weighted by atomic mass is 10.1. The summed E-state index contributed by atoms with van der Waals surface area (Å²) in [7, 11) is 1.85. The predicted octanol–water partition coefficient (Wildman–Crippen LogP) is 0.921. The molecule has 0 saturated carbocycles. The number of piperidine rings is 1. The van der Waals surface area contributed by atoms with Crippen LogP contribution in [0, 0.1) is 0 Å². The van der Waals surface area contributed by atoms with Crippen LogP contribution in [0.2, 0.25) is 0 Å². The maximum absolute atomic E-state index is 5.78. The topological polar surface area (TPSA) is 97.8 Å². The van der Waals surface area contributed by atoms with Crippen LogP contribution in [0.4, 0.5) is 23.5 Å². The van der Waals surface area contributed by atoms with E-state index in [1.54, 1.807) is 10.9 Å². The van der Waals surface area contributed by atoms with Gasteiger partial charge >= 0.3 is 0 Å². The van der Waals surface area contributed by atoms with E-state index in [4.69, 9.17) is 5.73 Å². The van der Waals surface area contributed by atoms with Crippen molar-refractivity contribution >= 4 is 23.5 Å². The van der Waals surface area contributed by atoms with Crippen molar-refractivity contribution < 1.29 is 0 Å². The van der Waals surface area contributed by atoms with E-state index in [0.717, 1.165) is 31.6 Å². The maximum Gasteiger partial charge on any atom is 0.233 e. The van der Waals surface area contributed by atoms with Gasteiger partial charge in [0.15, 0.2) is 0 Å². The Balaban J connectivity index is 1.82. The second-order valence-corrected chi connectivity index (χ2v) is 4.89. The number of hydrogen-bond donors (Lipinski definition) is 2. The van der Waals surface area contributed by atoms with Crippen LogP contribution >= 0.6 is 0 Å². The van der Waals surface area contributed by atoms with Crippen LogP contribution in [-0.2, 0) is 7.05 Å².